The molecule has 3 aromatic rings. The molecule has 0 bridgehead atoms. The van der Waals surface area contributed by atoms with Gasteiger partial charge in [-0.3, -0.25) is 14.7 Å². The number of carbonyl (C=O) groups is 2. The summed E-state index contributed by atoms with van der Waals surface area (Å²) in [4.78, 5) is 30.0. The Morgan fingerprint density at radius 2 is 1.91 bits per heavy atom. The summed E-state index contributed by atoms with van der Waals surface area (Å²) in [5.41, 5.74) is 2.58. The standard InChI is InChI=1S/C25H29N5O5/c1-16(31)34-23-21(29(15-22(23)32)24(33)35-25(2,3)4)12-17-7-9-18(10-8-17)20-14-30(28-27-20)19-6-5-11-26-13-19/h5-11,13-14,21-23,32H,12,15H2,1-4H3/t21-,22+,23+/m1/s1. The Bertz CT molecular complexity index is 1170. The molecule has 10 nitrogen and oxygen atoms in total. The number of likely N-dealkylation sites (tertiary alicyclic amines) is 1. The van der Waals surface area contributed by atoms with Crippen LogP contribution in [0.25, 0.3) is 16.9 Å². The Kier molecular flexibility index (Phi) is 6.83. The molecule has 0 radical (unpaired) electrons. The normalized spacial score (nSPS) is 20.0. The van der Waals surface area contributed by atoms with Gasteiger partial charge in [-0.2, -0.15) is 0 Å². The predicted molar refractivity (Wildman–Crippen MR) is 127 cm³/mol. The number of ether oxygens (including phenoxy) is 2. The van der Waals surface area contributed by atoms with Crippen LogP contribution in [0.4, 0.5) is 4.79 Å². The van der Waals surface area contributed by atoms with Gasteiger partial charge in [-0.15, -0.1) is 5.10 Å². The number of β-amino-alcohol motifs (C(OH)–C–C–N with tert-alkyl or cyclic N) is 1. The van der Waals surface area contributed by atoms with Crippen molar-refractivity contribution in [3.63, 3.8) is 0 Å². The van der Waals surface area contributed by atoms with E-state index in [-0.39, 0.29) is 6.54 Å². The van der Waals surface area contributed by atoms with Crippen LogP contribution in [0.3, 0.4) is 0 Å². The largest absolute Gasteiger partial charge is 0.457 e. The first kappa shape index (κ1) is 24.3. The van der Waals surface area contributed by atoms with Gasteiger partial charge in [0.2, 0.25) is 0 Å². The number of nitrogens with zero attached hydrogens (tertiary/aromatic N) is 5. The molecule has 184 valence electrons. The zero-order valence-electron chi connectivity index (χ0n) is 20.2. The highest BCUT2D eigenvalue weighted by Crippen LogP contribution is 2.28. The van der Waals surface area contributed by atoms with Gasteiger partial charge in [-0.05, 0) is 44.9 Å². The number of aliphatic hydroxyl groups excluding tert-OH is 1. The monoisotopic (exact) mass is 479 g/mol. The Morgan fingerprint density at radius 3 is 2.54 bits per heavy atom. The van der Waals surface area contributed by atoms with Crippen LogP contribution >= 0.6 is 0 Å². The summed E-state index contributed by atoms with van der Waals surface area (Å²) in [6, 6.07) is 10.8. The van der Waals surface area contributed by atoms with Crippen LogP contribution < -0.4 is 0 Å². The van der Waals surface area contributed by atoms with Crippen LogP contribution in [0.15, 0.2) is 55.0 Å². The van der Waals surface area contributed by atoms with Gasteiger partial charge in [0.25, 0.3) is 0 Å². The topological polar surface area (TPSA) is 120 Å². The third kappa shape index (κ3) is 5.83. The van der Waals surface area contributed by atoms with Gasteiger partial charge in [0, 0.05) is 18.7 Å². The SMILES string of the molecule is CC(=O)O[C@H]1[C@@H](Cc2ccc(-c3cn(-c4cccnc4)nn3)cc2)N(C(=O)OC(C)(C)C)C[C@@H]1O. The van der Waals surface area contributed by atoms with Gasteiger partial charge in [0.1, 0.15) is 23.5 Å². The lowest BCUT2D eigenvalue weighted by molar-refractivity contribution is -0.151. The summed E-state index contributed by atoms with van der Waals surface area (Å²) in [5.74, 6) is -0.517. The fraction of sp³-hybridized carbons (Fsp3) is 0.400. The first-order valence-electron chi connectivity index (χ1n) is 11.4. The highest BCUT2D eigenvalue weighted by molar-refractivity contribution is 5.70. The number of rotatable bonds is 5. The molecule has 1 N–H and O–H groups in total. The average molecular weight is 480 g/mol. The molecular weight excluding hydrogens is 450 g/mol. The molecule has 1 amide bonds. The lowest BCUT2D eigenvalue weighted by atomic mass is 9.99. The Morgan fingerprint density at radius 1 is 1.17 bits per heavy atom. The van der Waals surface area contributed by atoms with Crippen molar-refractivity contribution in [3.8, 4) is 16.9 Å². The van der Waals surface area contributed by atoms with Crippen molar-refractivity contribution in [2.24, 2.45) is 0 Å². The third-order valence-corrected chi connectivity index (χ3v) is 5.57. The third-order valence-electron chi connectivity index (χ3n) is 5.57. The van der Waals surface area contributed by atoms with E-state index in [2.05, 4.69) is 15.3 Å². The van der Waals surface area contributed by atoms with Gasteiger partial charge in [-0.1, -0.05) is 29.5 Å². The summed E-state index contributed by atoms with van der Waals surface area (Å²) in [6.07, 6.45) is 3.18. The molecule has 35 heavy (non-hydrogen) atoms. The first-order chi connectivity index (χ1) is 16.6. The van der Waals surface area contributed by atoms with E-state index >= 15 is 0 Å². The van der Waals surface area contributed by atoms with Crippen LogP contribution in [-0.2, 0) is 20.7 Å². The summed E-state index contributed by atoms with van der Waals surface area (Å²) in [6.45, 7) is 6.64. The van der Waals surface area contributed by atoms with E-state index in [9.17, 15) is 14.7 Å². The molecule has 1 saturated heterocycles. The molecule has 3 heterocycles. The summed E-state index contributed by atoms with van der Waals surface area (Å²) in [5, 5.41) is 19.0. The molecule has 0 unspecified atom stereocenters. The molecule has 1 aliphatic heterocycles. The average Bonchev–Trinajstić information content (AvgIpc) is 3.40. The number of pyridine rings is 1. The number of hydrogen-bond acceptors (Lipinski definition) is 8. The molecule has 1 fully saturated rings. The number of aliphatic hydroxyl groups is 1. The Balaban J connectivity index is 1.53. The molecular formula is C25H29N5O5. The minimum absolute atomic E-state index is 0.0209. The van der Waals surface area contributed by atoms with Gasteiger partial charge in [0.05, 0.1) is 30.7 Å². The molecule has 0 spiro atoms. The lowest BCUT2D eigenvalue weighted by Crippen LogP contribution is -2.45. The quantitative estimate of drug-likeness (QED) is 0.555. The highest BCUT2D eigenvalue weighted by Gasteiger charge is 2.46. The van der Waals surface area contributed by atoms with Crippen molar-refractivity contribution in [3.05, 3.63) is 60.6 Å². The second kappa shape index (κ2) is 9.83. The van der Waals surface area contributed by atoms with Gasteiger partial charge < -0.3 is 14.6 Å². The van der Waals surface area contributed by atoms with E-state index in [0.29, 0.717) is 12.1 Å². The summed E-state index contributed by atoms with van der Waals surface area (Å²) in [7, 11) is 0. The second-order valence-corrected chi connectivity index (χ2v) is 9.50. The molecule has 4 rings (SSSR count). The van der Waals surface area contributed by atoms with Crippen LogP contribution in [0.5, 0.6) is 0 Å². The maximum absolute atomic E-state index is 12.8. The maximum atomic E-state index is 12.8. The Labute approximate surface area is 203 Å². The van der Waals surface area contributed by atoms with Crippen LogP contribution in [0, 0.1) is 0 Å². The number of esters is 1. The zero-order valence-corrected chi connectivity index (χ0v) is 20.2. The van der Waals surface area contributed by atoms with Crippen LogP contribution in [0.2, 0.25) is 0 Å². The van der Waals surface area contributed by atoms with Crippen molar-refractivity contribution in [1.29, 1.82) is 0 Å². The molecule has 10 heteroatoms. The Hall–Kier alpha value is -3.79. The number of aromatic nitrogens is 4. The first-order valence-corrected chi connectivity index (χ1v) is 11.4. The number of amides is 1. The van der Waals surface area contributed by atoms with E-state index in [0.717, 1.165) is 16.8 Å². The molecule has 1 aromatic carbocycles. The van der Waals surface area contributed by atoms with Crippen molar-refractivity contribution in [2.45, 2.75) is 58.0 Å². The summed E-state index contributed by atoms with van der Waals surface area (Å²) < 4.78 is 12.6. The van der Waals surface area contributed by atoms with E-state index < -0.39 is 35.9 Å². The minimum Gasteiger partial charge on any atom is -0.457 e. The fourth-order valence-electron chi connectivity index (χ4n) is 4.04. The van der Waals surface area contributed by atoms with E-state index in [1.807, 2.05) is 42.6 Å². The number of hydrogen-bond donors (Lipinski definition) is 1. The van der Waals surface area contributed by atoms with Crippen molar-refractivity contribution < 1.29 is 24.2 Å². The smallest absolute Gasteiger partial charge is 0.410 e. The molecule has 3 atom stereocenters. The van der Waals surface area contributed by atoms with Gasteiger partial charge >= 0.3 is 12.1 Å². The molecule has 1 aliphatic rings. The highest BCUT2D eigenvalue weighted by atomic mass is 16.6. The molecule has 0 saturated carbocycles. The van der Waals surface area contributed by atoms with Crippen LogP contribution in [-0.4, -0.2) is 72.4 Å². The minimum atomic E-state index is -1.00. The fourth-order valence-corrected chi connectivity index (χ4v) is 4.04. The van der Waals surface area contributed by atoms with Crippen LogP contribution in [0.1, 0.15) is 33.3 Å². The number of carbonyl (C=O) groups excluding carboxylic acids is 2. The van der Waals surface area contributed by atoms with Crippen molar-refractivity contribution >= 4 is 12.1 Å². The van der Waals surface area contributed by atoms with Gasteiger partial charge in [-0.25, -0.2) is 9.48 Å². The molecule has 0 aliphatic carbocycles. The van der Waals surface area contributed by atoms with E-state index in [1.165, 1.54) is 11.8 Å². The predicted octanol–water partition coefficient (Wildman–Crippen LogP) is 2.78. The number of benzene rings is 1. The lowest BCUT2D eigenvalue weighted by Gasteiger charge is -2.30. The maximum Gasteiger partial charge on any atom is 0.410 e. The van der Waals surface area contributed by atoms with Gasteiger partial charge in [0.15, 0.2) is 0 Å². The van der Waals surface area contributed by atoms with E-state index in [1.54, 1.807) is 37.8 Å². The van der Waals surface area contributed by atoms with Crippen molar-refractivity contribution in [2.75, 3.05) is 6.54 Å². The van der Waals surface area contributed by atoms with Crippen molar-refractivity contribution in [1.82, 2.24) is 24.9 Å². The zero-order chi connectivity index (χ0) is 25.2. The van der Waals surface area contributed by atoms with E-state index in [4.69, 9.17) is 9.47 Å². The second-order valence-electron chi connectivity index (χ2n) is 9.50. The summed E-state index contributed by atoms with van der Waals surface area (Å²) >= 11 is 0. The molecule has 2 aromatic heterocycles.